The first-order chi connectivity index (χ1) is 8.59. The zero-order valence-corrected chi connectivity index (χ0v) is 9.58. The topological polar surface area (TPSA) is 83.6 Å². The molecule has 4 N–H and O–H groups in total. The maximum Gasteiger partial charge on any atom is 0.489 e. The number of benzene rings is 2. The predicted molar refractivity (Wildman–Crippen MR) is 70.2 cm³/mol. The second kappa shape index (κ2) is 5.04. The standard InChI is InChI=1S/C13H12BNO3/c15-13(16)10-5-3-4-9(8-10)11-6-1-2-7-12(11)14(17)18/h1-8,17-18H,(H2,15,16). The van der Waals surface area contributed by atoms with Gasteiger partial charge < -0.3 is 15.8 Å². The van der Waals surface area contributed by atoms with Gasteiger partial charge in [0.25, 0.3) is 0 Å². The number of rotatable bonds is 3. The average molecular weight is 241 g/mol. The summed E-state index contributed by atoms with van der Waals surface area (Å²) in [6, 6.07) is 13.6. The van der Waals surface area contributed by atoms with E-state index in [2.05, 4.69) is 0 Å². The molecule has 0 aliphatic heterocycles. The molecule has 0 saturated carbocycles. The third kappa shape index (κ3) is 2.42. The molecular weight excluding hydrogens is 229 g/mol. The van der Waals surface area contributed by atoms with E-state index >= 15 is 0 Å². The normalized spacial score (nSPS) is 10.1. The monoisotopic (exact) mass is 241 g/mol. The van der Waals surface area contributed by atoms with E-state index in [4.69, 9.17) is 5.73 Å². The van der Waals surface area contributed by atoms with Gasteiger partial charge in [0.1, 0.15) is 0 Å². The summed E-state index contributed by atoms with van der Waals surface area (Å²) in [5, 5.41) is 18.6. The van der Waals surface area contributed by atoms with Crippen molar-refractivity contribution in [3.8, 4) is 11.1 Å². The minimum absolute atomic E-state index is 0.384. The molecule has 0 unspecified atom stereocenters. The number of carbonyl (C=O) groups excluding carboxylic acids is 1. The fourth-order valence-corrected chi connectivity index (χ4v) is 1.83. The molecule has 0 aromatic heterocycles. The third-order valence-electron chi connectivity index (χ3n) is 2.70. The number of primary amides is 1. The van der Waals surface area contributed by atoms with Crippen LogP contribution in [-0.2, 0) is 0 Å². The van der Waals surface area contributed by atoms with Crippen molar-refractivity contribution in [1.82, 2.24) is 0 Å². The summed E-state index contributed by atoms with van der Waals surface area (Å²) in [5.74, 6) is -0.515. The minimum atomic E-state index is -1.56. The van der Waals surface area contributed by atoms with Gasteiger partial charge in [0.05, 0.1) is 0 Å². The van der Waals surface area contributed by atoms with E-state index in [1.807, 2.05) is 0 Å². The maximum atomic E-state index is 11.1. The Kier molecular flexibility index (Phi) is 3.46. The molecule has 0 spiro atoms. The predicted octanol–water partition coefficient (Wildman–Crippen LogP) is 0.132. The van der Waals surface area contributed by atoms with E-state index in [9.17, 15) is 14.8 Å². The smallest absolute Gasteiger partial charge is 0.423 e. The van der Waals surface area contributed by atoms with Crippen molar-refractivity contribution in [3.63, 3.8) is 0 Å². The highest BCUT2D eigenvalue weighted by atomic mass is 16.4. The lowest BCUT2D eigenvalue weighted by Crippen LogP contribution is -2.31. The number of hydrogen-bond acceptors (Lipinski definition) is 3. The van der Waals surface area contributed by atoms with Gasteiger partial charge >= 0.3 is 7.12 Å². The lowest BCUT2D eigenvalue weighted by atomic mass is 9.75. The van der Waals surface area contributed by atoms with Gasteiger partial charge in [-0.2, -0.15) is 0 Å². The summed E-state index contributed by atoms with van der Waals surface area (Å²) in [6.07, 6.45) is 0. The second-order valence-corrected chi connectivity index (χ2v) is 3.91. The largest absolute Gasteiger partial charge is 0.489 e. The summed E-state index contributed by atoms with van der Waals surface area (Å²) in [6.45, 7) is 0. The molecule has 1 amide bonds. The van der Waals surface area contributed by atoms with Crippen molar-refractivity contribution >= 4 is 18.5 Å². The molecule has 0 aliphatic carbocycles. The van der Waals surface area contributed by atoms with Crippen LogP contribution in [-0.4, -0.2) is 23.1 Å². The molecule has 4 nitrogen and oxygen atoms in total. The molecule has 18 heavy (non-hydrogen) atoms. The van der Waals surface area contributed by atoms with Crippen LogP contribution in [0.25, 0.3) is 11.1 Å². The van der Waals surface area contributed by atoms with Crippen LogP contribution in [0, 0.1) is 0 Å². The fourth-order valence-electron chi connectivity index (χ4n) is 1.83. The van der Waals surface area contributed by atoms with Crippen LogP contribution in [0.3, 0.4) is 0 Å². The molecule has 0 saturated heterocycles. The van der Waals surface area contributed by atoms with Gasteiger partial charge in [-0.25, -0.2) is 0 Å². The van der Waals surface area contributed by atoms with Crippen LogP contribution < -0.4 is 11.2 Å². The van der Waals surface area contributed by atoms with Crippen molar-refractivity contribution in [2.24, 2.45) is 5.73 Å². The highest BCUT2D eigenvalue weighted by molar-refractivity contribution is 6.60. The zero-order valence-electron chi connectivity index (χ0n) is 9.58. The van der Waals surface area contributed by atoms with Gasteiger partial charge in [-0.1, -0.05) is 36.4 Å². The Balaban J connectivity index is 2.55. The molecule has 2 aromatic rings. The molecule has 90 valence electrons. The summed E-state index contributed by atoms with van der Waals surface area (Å²) in [4.78, 5) is 11.1. The molecule has 5 heteroatoms. The first kappa shape index (κ1) is 12.4. The Bertz CT molecular complexity index is 584. The van der Waals surface area contributed by atoms with Crippen LogP contribution >= 0.6 is 0 Å². The van der Waals surface area contributed by atoms with Gasteiger partial charge in [0.2, 0.25) is 5.91 Å². The summed E-state index contributed by atoms with van der Waals surface area (Å²) in [5.41, 5.74) is 7.37. The van der Waals surface area contributed by atoms with Crippen LogP contribution in [0.4, 0.5) is 0 Å². The van der Waals surface area contributed by atoms with E-state index in [-0.39, 0.29) is 0 Å². The van der Waals surface area contributed by atoms with E-state index in [1.54, 1.807) is 48.5 Å². The molecular formula is C13H12BNO3. The Morgan fingerprint density at radius 2 is 1.78 bits per heavy atom. The maximum absolute atomic E-state index is 11.1. The van der Waals surface area contributed by atoms with Crippen molar-refractivity contribution in [1.29, 1.82) is 0 Å². The van der Waals surface area contributed by atoms with Crippen LogP contribution in [0.5, 0.6) is 0 Å². The van der Waals surface area contributed by atoms with Gasteiger partial charge in [-0.05, 0) is 28.7 Å². The van der Waals surface area contributed by atoms with Crippen molar-refractivity contribution in [2.75, 3.05) is 0 Å². The lowest BCUT2D eigenvalue weighted by Gasteiger charge is -2.09. The highest BCUT2D eigenvalue weighted by Gasteiger charge is 2.16. The Morgan fingerprint density at radius 1 is 1.06 bits per heavy atom. The summed E-state index contributed by atoms with van der Waals surface area (Å²) in [7, 11) is -1.56. The van der Waals surface area contributed by atoms with Crippen LogP contribution in [0.15, 0.2) is 48.5 Å². The SMILES string of the molecule is NC(=O)c1cccc(-c2ccccc2B(O)O)c1. The van der Waals surface area contributed by atoms with Crippen LogP contribution in [0.1, 0.15) is 10.4 Å². The fraction of sp³-hybridized carbons (Fsp3) is 0. The summed E-state index contributed by atoms with van der Waals surface area (Å²) < 4.78 is 0. The molecule has 2 rings (SSSR count). The molecule has 0 bridgehead atoms. The highest BCUT2D eigenvalue weighted by Crippen LogP contribution is 2.18. The molecule has 0 atom stereocenters. The van der Waals surface area contributed by atoms with Crippen LogP contribution in [0.2, 0.25) is 0 Å². The second-order valence-electron chi connectivity index (χ2n) is 3.91. The number of amides is 1. The van der Waals surface area contributed by atoms with E-state index in [0.29, 0.717) is 16.6 Å². The van der Waals surface area contributed by atoms with E-state index < -0.39 is 13.0 Å². The van der Waals surface area contributed by atoms with E-state index in [0.717, 1.165) is 5.56 Å². The lowest BCUT2D eigenvalue weighted by molar-refractivity contribution is 0.100. The van der Waals surface area contributed by atoms with Crippen molar-refractivity contribution in [3.05, 3.63) is 54.1 Å². The first-order valence-electron chi connectivity index (χ1n) is 5.45. The van der Waals surface area contributed by atoms with Gasteiger partial charge in [0.15, 0.2) is 0 Å². The molecule has 2 aromatic carbocycles. The third-order valence-corrected chi connectivity index (χ3v) is 2.70. The quantitative estimate of drug-likeness (QED) is 0.668. The zero-order chi connectivity index (χ0) is 13.1. The van der Waals surface area contributed by atoms with E-state index in [1.165, 1.54) is 0 Å². The Morgan fingerprint density at radius 3 is 2.44 bits per heavy atom. The van der Waals surface area contributed by atoms with Gasteiger partial charge in [-0.3, -0.25) is 4.79 Å². The molecule has 0 aliphatic rings. The molecule has 0 fully saturated rings. The Hall–Kier alpha value is -2.11. The summed E-state index contributed by atoms with van der Waals surface area (Å²) >= 11 is 0. The average Bonchev–Trinajstić information content (AvgIpc) is 2.39. The molecule has 0 heterocycles. The first-order valence-corrected chi connectivity index (χ1v) is 5.45. The minimum Gasteiger partial charge on any atom is -0.423 e. The number of nitrogens with two attached hydrogens (primary N) is 1. The van der Waals surface area contributed by atoms with Gasteiger partial charge in [-0.15, -0.1) is 0 Å². The number of hydrogen-bond donors (Lipinski definition) is 3. The molecule has 0 radical (unpaired) electrons. The van der Waals surface area contributed by atoms with Gasteiger partial charge in [0, 0.05) is 5.56 Å². The Labute approximate surface area is 105 Å². The van der Waals surface area contributed by atoms with Crippen molar-refractivity contribution < 1.29 is 14.8 Å². The van der Waals surface area contributed by atoms with Crippen molar-refractivity contribution in [2.45, 2.75) is 0 Å². The number of carbonyl (C=O) groups is 1.